The lowest BCUT2D eigenvalue weighted by Gasteiger charge is -2.08. The number of nitrogens with one attached hydrogen (secondary N) is 1. The maximum absolute atomic E-state index is 12.1. The average molecular weight is 389 g/mol. The molecule has 2 aromatic rings. The van der Waals surface area contributed by atoms with E-state index < -0.39 is 24.5 Å². The molecule has 0 radical (unpaired) electrons. The SMILES string of the molecule is CCOC(=O)c1c(NC(=O)COC(=O)Cc2ccc(C)cc2)sc(C)c1C. The van der Waals surface area contributed by atoms with Gasteiger partial charge in [0.15, 0.2) is 6.61 Å². The number of benzene rings is 1. The summed E-state index contributed by atoms with van der Waals surface area (Å²) in [4.78, 5) is 37.1. The third kappa shape index (κ3) is 5.65. The van der Waals surface area contributed by atoms with Gasteiger partial charge in [0.2, 0.25) is 0 Å². The topological polar surface area (TPSA) is 81.7 Å². The number of carbonyl (C=O) groups excluding carboxylic acids is 3. The zero-order chi connectivity index (χ0) is 20.0. The Hall–Kier alpha value is -2.67. The molecule has 7 heteroatoms. The quantitative estimate of drug-likeness (QED) is 0.732. The van der Waals surface area contributed by atoms with E-state index in [2.05, 4.69) is 5.32 Å². The number of thiophene rings is 1. The number of ether oxygens (including phenoxy) is 2. The number of amides is 1. The summed E-state index contributed by atoms with van der Waals surface area (Å²) in [5.41, 5.74) is 3.04. The highest BCUT2D eigenvalue weighted by molar-refractivity contribution is 7.16. The highest BCUT2D eigenvalue weighted by atomic mass is 32.1. The van der Waals surface area contributed by atoms with Crippen LogP contribution in [-0.4, -0.2) is 31.1 Å². The molecule has 0 aliphatic carbocycles. The van der Waals surface area contributed by atoms with Gasteiger partial charge in [-0.2, -0.15) is 0 Å². The standard InChI is InChI=1S/C20H23NO5S/c1-5-25-20(24)18-13(3)14(4)27-19(18)21-16(22)11-26-17(23)10-15-8-6-12(2)7-9-15/h6-9H,5,10-11H2,1-4H3,(H,21,22). The van der Waals surface area contributed by atoms with Crippen molar-refractivity contribution in [2.75, 3.05) is 18.5 Å². The molecule has 0 fully saturated rings. The van der Waals surface area contributed by atoms with Gasteiger partial charge in [-0.1, -0.05) is 29.8 Å². The summed E-state index contributed by atoms with van der Waals surface area (Å²) < 4.78 is 10.1. The Kier molecular flexibility index (Phi) is 7.12. The summed E-state index contributed by atoms with van der Waals surface area (Å²) in [6.07, 6.45) is 0.0961. The Labute approximate surface area is 162 Å². The summed E-state index contributed by atoms with van der Waals surface area (Å²) in [7, 11) is 0. The minimum Gasteiger partial charge on any atom is -0.462 e. The van der Waals surface area contributed by atoms with Gasteiger partial charge in [-0.3, -0.25) is 9.59 Å². The van der Waals surface area contributed by atoms with Crippen molar-refractivity contribution in [3.63, 3.8) is 0 Å². The smallest absolute Gasteiger partial charge is 0.341 e. The fraction of sp³-hybridized carbons (Fsp3) is 0.350. The summed E-state index contributed by atoms with van der Waals surface area (Å²) >= 11 is 1.29. The van der Waals surface area contributed by atoms with Crippen LogP contribution >= 0.6 is 11.3 Å². The monoisotopic (exact) mass is 389 g/mol. The van der Waals surface area contributed by atoms with Crippen LogP contribution in [0.2, 0.25) is 0 Å². The number of esters is 2. The summed E-state index contributed by atoms with van der Waals surface area (Å²) in [5, 5.41) is 3.05. The van der Waals surface area contributed by atoms with E-state index in [0.717, 1.165) is 21.6 Å². The Morgan fingerprint density at radius 3 is 2.33 bits per heavy atom. The Bertz CT molecular complexity index is 839. The Morgan fingerprint density at radius 2 is 1.70 bits per heavy atom. The number of aryl methyl sites for hydroxylation is 2. The molecule has 0 saturated carbocycles. The molecular formula is C20H23NO5S. The normalized spacial score (nSPS) is 10.4. The first-order chi connectivity index (χ1) is 12.8. The molecule has 0 aliphatic rings. The zero-order valence-corrected chi connectivity index (χ0v) is 16.7. The van der Waals surface area contributed by atoms with Gasteiger partial charge in [-0.15, -0.1) is 11.3 Å². The van der Waals surface area contributed by atoms with Crippen molar-refractivity contribution >= 4 is 34.2 Å². The average Bonchev–Trinajstić information content (AvgIpc) is 2.89. The maximum atomic E-state index is 12.1. The molecule has 0 atom stereocenters. The van der Waals surface area contributed by atoms with Crippen molar-refractivity contribution in [3.8, 4) is 0 Å². The minimum absolute atomic E-state index is 0.0961. The van der Waals surface area contributed by atoms with Gasteiger partial charge in [0.25, 0.3) is 5.91 Å². The van der Waals surface area contributed by atoms with Crippen molar-refractivity contribution in [1.82, 2.24) is 0 Å². The molecule has 1 heterocycles. The van der Waals surface area contributed by atoms with Crippen LogP contribution in [0.25, 0.3) is 0 Å². The molecule has 1 aromatic heterocycles. The van der Waals surface area contributed by atoms with Crippen molar-refractivity contribution in [2.45, 2.75) is 34.1 Å². The number of rotatable bonds is 7. The maximum Gasteiger partial charge on any atom is 0.341 e. The van der Waals surface area contributed by atoms with Crippen LogP contribution in [0.1, 0.15) is 38.8 Å². The van der Waals surface area contributed by atoms with Crippen LogP contribution in [0.4, 0.5) is 5.00 Å². The van der Waals surface area contributed by atoms with Crippen molar-refractivity contribution in [1.29, 1.82) is 0 Å². The fourth-order valence-corrected chi connectivity index (χ4v) is 3.46. The molecule has 0 bridgehead atoms. The molecule has 0 aliphatic heterocycles. The number of hydrogen-bond donors (Lipinski definition) is 1. The molecule has 1 aromatic carbocycles. The molecule has 2 rings (SSSR count). The lowest BCUT2D eigenvalue weighted by atomic mass is 10.1. The Morgan fingerprint density at radius 1 is 1.04 bits per heavy atom. The van der Waals surface area contributed by atoms with Gasteiger partial charge in [0.05, 0.1) is 18.6 Å². The van der Waals surface area contributed by atoms with E-state index >= 15 is 0 Å². The van der Waals surface area contributed by atoms with Crippen LogP contribution in [0.3, 0.4) is 0 Å². The lowest BCUT2D eigenvalue weighted by molar-refractivity contribution is -0.146. The van der Waals surface area contributed by atoms with Gasteiger partial charge in [-0.25, -0.2) is 4.79 Å². The van der Waals surface area contributed by atoms with E-state index in [1.54, 1.807) is 13.8 Å². The molecule has 144 valence electrons. The zero-order valence-electron chi connectivity index (χ0n) is 15.9. The van der Waals surface area contributed by atoms with Crippen molar-refractivity contribution in [2.24, 2.45) is 0 Å². The van der Waals surface area contributed by atoms with Gasteiger partial charge in [-0.05, 0) is 38.8 Å². The van der Waals surface area contributed by atoms with Gasteiger partial charge >= 0.3 is 11.9 Å². The van der Waals surface area contributed by atoms with E-state index in [1.807, 2.05) is 38.1 Å². The lowest BCUT2D eigenvalue weighted by Crippen LogP contribution is -2.22. The summed E-state index contributed by atoms with van der Waals surface area (Å²) in [6, 6.07) is 7.51. The molecule has 6 nitrogen and oxygen atoms in total. The largest absolute Gasteiger partial charge is 0.462 e. The van der Waals surface area contributed by atoms with Gasteiger partial charge in [0.1, 0.15) is 5.00 Å². The first kappa shape index (κ1) is 20.6. The van der Waals surface area contributed by atoms with Gasteiger partial charge < -0.3 is 14.8 Å². The molecule has 27 heavy (non-hydrogen) atoms. The third-order valence-corrected chi connectivity index (χ3v) is 5.07. The molecule has 1 N–H and O–H groups in total. The summed E-state index contributed by atoms with van der Waals surface area (Å²) in [5.74, 6) is -1.47. The van der Waals surface area contributed by atoms with Crippen LogP contribution < -0.4 is 5.32 Å². The van der Waals surface area contributed by atoms with E-state index in [0.29, 0.717) is 10.6 Å². The van der Waals surface area contributed by atoms with E-state index in [9.17, 15) is 14.4 Å². The van der Waals surface area contributed by atoms with Crippen LogP contribution in [0, 0.1) is 20.8 Å². The van der Waals surface area contributed by atoms with Crippen LogP contribution in [-0.2, 0) is 25.5 Å². The second kappa shape index (κ2) is 9.32. The summed E-state index contributed by atoms with van der Waals surface area (Å²) in [6.45, 7) is 7.18. The second-order valence-corrected chi connectivity index (χ2v) is 7.30. The fourth-order valence-electron chi connectivity index (χ4n) is 2.40. The predicted molar refractivity (Wildman–Crippen MR) is 104 cm³/mol. The molecule has 0 unspecified atom stereocenters. The molecular weight excluding hydrogens is 366 g/mol. The Balaban J connectivity index is 1.94. The van der Waals surface area contributed by atoms with Gasteiger partial charge in [0, 0.05) is 4.88 Å². The number of anilines is 1. The van der Waals surface area contributed by atoms with Crippen molar-refractivity contribution < 1.29 is 23.9 Å². The number of carbonyl (C=O) groups is 3. The highest BCUT2D eigenvalue weighted by Gasteiger charge is 2.22. The number of hydrogen-bond acceptors (Lipinski definition) is 6. The molecule has 0 saturated heterocycles. The molecule has 1 amide bonds. The van der Waals surface area contributed by atoms with Crippen LogP contribution in [0.5, 0.6) is 0 Å². The van der Waals surface area contributed by atoms with E-state index in [4.69, 9.17) is 9.47 Å². The van der Waals surface area contributed by atoms with Crippen LogP contribution in [0.15, 0.2) is 24.3 Å². The van der Waals surface area contributed by atoms with E-state index in [1.165, 1.54) is 11.3 Å². The highest BCUT2D eigenvalue weighted by Crippen LogP contribution is 2.33. The second-order valence-electron chi connectivity index (χ2n) is 6.08. The van der Waals surface area contributed by atoms with Crippen molar-refractivity contribution in [3.05, 3.63) is 51.4 Å². The first-order valence-corrected chi connectivity index (χ1v) is 9.41. The first-order valence-electron chi connectivity index (χ1n) is 8.60. The predicted octanol–water partition coefficient (Wildman–Crippen LogP) is 3.57. The third-order valence-electron chi connectivity index (χ3n) is 3.95. The molecule has 0 spiro atoms. The van der Waals surface area contributed by atoms with E-state index in [-0.39, 0.29) is 13.0 Å². The minimum atomic E-state index is -0.501.